The summed E-state index contributed by atoms with van der Waals surface area (Å²) in [4.78, 5) is 37.7. The number of nitrogens with zero attached hydrogens (tertiary/aromatic N) is 4. The standard InChI is InChI=1S/C26H37N5O4/c1-6-7-25(32)29-21-8-9-22-23(10-21)35-16-19(3)31(14-20-11-27-17-28-12-20)13-18(2)24(34-5)15-30(4)26(22)33/h8-12,17-19,24H,6-7,13-16H2,1-5H3,(H,29,32)/t18-,19-,24-/m1/s1. The fourth-order valence-electron chi connectivity index (χ4n) is 4.24. The van der Waals surface area contributed by atoms with Crippen LogP contribution >= 0.6 is 0 Å². The molecular weight excluding hydrogens is 446 g/mol. The Balaban J connectivity index is 1.92. The van der Waals surface area contributed by atoms with Crippen LogP contribution in [-0.2, 0) is 16.1 Å². The summed E-state index contributed by atoms with van der Waals surface area (Å²) in [5, 5.41) is 2.89. The molecule has 1 N–H and O–H groups in total. The average Bonchev–Trinajstić information content (AvgIpc) is 2.85. The molecule has 35 heavy (non-hydrogen) atoms. The van der Waals surface area contributed by atoms with Crippen molar-refractivity contribution in [3.8, 4) is 5.75 Å². The lowest BCUT2D eigenvalue weighted by Gasteiger charge is -2.36. The largest absolute Gasteiger partial charge is 0.491 e. The van der Waals surface area contributed by atoms with Gasteiger partial charge in [0.15, 0.2) is 0 Å². The van der Waals surface area contributed by atoms with Gasteiger partial charge >= 0.3 is 0 Å². The first kappa shape index (κ1) is 26.6. The minimum absolute atomic E-state index is 0.0357. The number of anilines is 1. The van der Waals surface area contributed by atoms with Crippen LogP contribution in [0.3, 0.4) is 0 Å². The molecule has 0 saturated heterocycles. The third kappa shape index (κ3) is 7.22. The number of fused-ring (bicyclic) bond motifs is 1. The van der Waals surface area contributed by atoms with Gasteiger partial charge in [0, 0.05) is 76.0 Å². The molecule has 0 radical (unpaired) electrons. The second-order valence-electron chi connectivity index (χ2n) is 9.28. The summed E-state index contributed by atoms with van der Waals surface area (Å²) >= 11 is 0. The van der Waals surface area contributed by atoms with E-state index in [4.69, 9.17) is 9.47 Å². The third-order valence-electron chi connectivity index (χ3n) is 6.34. The number of amides is 2. The monoisotopic (exact) mass is 483 g/mol. The summed E-state index contributed by atoms with van der Waals surface area (Å²) in [6.07, 6.45) is 6.23. The van der Waals surface area contributed by atoms with Gasteiger partial charge in [-0.15, -0.1) is 0 Å². The molecule has 190 valence electrons. The zero-order chi connectivity index (χ0) is 25.4. The first-order valence-electron chi connectivity index (χ1n) is 12.1. The Morgan fingerprint density at radius 3 is 2.66 bits per heavy atom. The molecule has 3 rings (SSSR count). The minimum Gasteiger partial charge on any atom is -0.491 e. The number of carbonyl (C=O) groups excluding carboxylic acids is 2. The Hall–Kier alpha value is -3.04. The maximum absolute atomic E-state index is 13.3. The molecule has 0 spiro atoms. The number of likely N-dealkylation sites (N-methyl/N-ethyl adjacent to an activating group) is 1. The second-order valence-corrected chi connectivity index (χ2v) is 9.28. The van der Waals surface area contributed by atoms with Crippen molar-refractivity contribution < 1.29 is 19.1 Å². The highest BCUT2D eigenvalue weighted by molar-refractivity contribution is 5.98. The van der Waals surface area contributed by atoms with Gasteiger partial charge < -0.3 is 19.7 Å². The van der Waals surface area contributed by atoms with Gasteiger partial charge in [-0.05, 0) is 31.4 Å². The van der Waals surface area contributed by atoms with Crippen molar-refractivity contribution >= 4 is 17.5 Å². The van der Waals surface area contributed by atoms with Crippen molar-refractivity contribution in [2.24, 2.45) is 5.92 Å². The van der Waals surface area contributed by atoms with Gasteiger partial charge in [0.2, 0.25) is 5.91 Å². The number of rotatable bonds is 6. The summed E-state index contributed by atoms with van der Waals surface area (Å²) in [7, 11) is 3.46. The van der Waals surface area contributed by atoms with Crippen LogP contribution in [0.2, 0.25) is 0 Å². The normalized spacial score (nSPS) is 21.9. The van der Waals surface area contributed by atoms with E-state index in [9.17, 15) is 9.59 Å². The Labute approximate surface area is 207 Å². The molecular formula is C26H37N5O4. The number of benzene rings is 1. The van der Waals surface area contributed by atoms with Gasteiger partial charge in [-0.2, -0.15) is 0 Å². The van der Waals surface area contributed by atoms with Crippen LogP contribution in [0.15, 0.2) is 36.9 Å². The van der Waals surface area contributed by atoms with Gasteiger partial charge in [0.05, 0.1) is 11.7 Å². The molecule has 0 unspecified atom stereocenters. The van der Waals surface area contributed by atoms with Crippen LogP contribution in [0.25, 0.3) is 0 Å². The molecule has 0 bridgehead atoms. The van der Waals surface area contributed by atoms with Crippen molar-refractivity contribution in [2.45, 2.75) is 52.3 Å². The van der Waals surface area contributed by atoms with Gasteiger partial charge in [0.25, 0.3) is 5.91 Å². The molecule has 1 aliphatic heterocycles. The number of aromatic nitrogens is 2. The molecule has 0 fully saturated rings. The lowest BCUT2D eigenvalue weighted by Crippen LogP contribution is -2.46. The first-order chi connectivity index (χ1) is 16.8. The van der Waals surface area contributed by atoms with Crippen molar-refractivity contribution in [2.75, 3.05) is 39.2 Å². The Morgan fingerprint density at radius 1 is 1.23 bits per heavy atom. The smallest absolute Gasteiger partial charge is 0.257 e. The Bertz CT molecular complexity index is 987. The van der Waals surface area contributed by atoms with E-state index >= 15 is 0 Å². The number of hydrogen-bond donors (Lipinski definition) is 1. The molecule has 9 nitrogen and oxygen atoms in total. The highest BCUT2D eigenvalue weighted by Gasteiger charge is 2.28. The van der Waals surface area contributed by atoms with Crippen LogP contribution in [0.4, 0.5) is 5.69 Å². The van der Waals surface area contributed by atoms with Crippen LogP contribution in [0.5, 0.6) is 5.75 Å². The number of ether oxygens (including phenoxy) is 2. The van der Waals surface area contributed by atoms with Gasteiger partial charge in [-0.1, -0.05) is 13.8 Å². The van der Waals surface area contributed by atoms with E-state index in [-0.39, 0.29) is 29.9 Å². The molecule has 2 heterocycles. The fraction of sp³-hybridized carbons (Fsp3) is 0.538. The lowest BCUT2D eigenvalue weighted by atomic mass is 10.0. The second kappa shape index (κ2) is 12.6. The lowest BCUT2D eigenvalue weighted by molar-refractivity contribution is -0.116. The van der Waals surface area contributed by atoms with Crippen LogP contribution < -0.4 is 10.1 Å². The highest BCUT2D eigenvalue weighted by Crippen LogP contribution is 2.27. The van der Waals surface area contributed by atoms with E-state index in [2.05, 4.69) is 34.0 Å². The minimum atomic E-state index is -0.146. The molecule has 1 aromatic heterocycles. The first-order valence-corrected chi connectivity index (χ1v) is 12.1. The van der Waals surface area contributed by atoms with E-state index in [1.165, 1.54) is 6.33 Å². The molecule has 3 atom stereocenters. The number of hydrogen-bond acceptors (Lipinski definition) is 7. The fourth-order valence-corrected chi connectivity index (χ4v) is 4.24. The third-order valence-corrected chi connectivity index (χ3v) is 6.34. The van der Waals surface area contributed by atoms with E-state index in [0.29, 0.717) is 43.1 Å². The number of nitrogens with one attached hydrogen (secondary N) is 1. The van der Waals surface area contributed by atoms with Gasteiger partial charge in [-0.3, -0.25) is 14.5 Å². The molecule has 9 heteroatoms. The molecule has 2 aromatic rings. The number of methoxy groups -OCH3 is 1. The van der Waals surface area contributed by atoms with Crippen LogP contribution in [0.1, 0.15) is 49.5 Å². The van der Waals surface area contributed by atoms with E-state index in [1.807, 2.05) is 19.3 Å². The molecule has 1 aliphatic rings. The molecule has 1 aromatic carbocycles. The summed E-state index contributed by atoms with van der Waals surface area (Å²) in [5.41, 5.74) is 2.08. The van der Waals surface area contributed by atoms with Crippen molar-refractivity contribution in [1.29, 1.82) is 0 Å². The molecule has 0 aliphatic carbocycles. The Morgan fingerprint density at radius 2 is 1.97 bits per heavy atom. The summed E-state index contributed by atoms with van der Waals surface area (Å²) in [5.74, 6) is 0.406. The van der Waals surface area contributed by atoms with Crippen LogP contribution in [0, 0.1) is 5.92 Å². The van der Waals surface area contributed by atoms with Gasteiger partial charge in [-0.25, -0.2) is 9.97 Å². The predicted octanol–water partition coefficient (Wildman–Crippen LogP) is 3.22. The van der Waals surface area contributed by atoms with Crippen molar-refractivity contribution in [1.82, 2.24) is 19.8 Å². The zero-order valence-electron chi connectivity index (χ0n) is 21.4. The topological polar surface area (TPSA) is 96.9 Å². The SMILES string of the molecule is CCCC(=O)Nc1ccc2c(c1)OC[C@@H](C)N(Cc1cncnc1)C[C@@H](C)[C@H](OC)CN(C)C2=O. The van der Waals surface area contributed by atoms with Crippen LogP contribution in [-0.4, -0.2) is 77.6 Å². The zero-order valence-corrected chi connectivity index (χ0v) is 21.4. The molecule has 2 amide bonds. The van der Waals surface area contributed by atoms with E-state index in [0.717, 1.165) is 18.5 Å². The van der Waals surface area contributed by atoms with Crippen molar-refractivity contribution in [3.63, 3.8) is 0 Å². The van der Waals surface area contributed by atoms with E-state index < -0.39 is 0 Å². The maximum atomic E-state index is 13.3. The predicted molar refractivity (Wildman–Crippen MR) is 134 cm³/mol. The van der Waals surface area contributed by atoms with E-state index in [1.54, 1.807) is 37.3 Å². The summed E-state index contributed by atoms with van der Waals surface area (Å²) in [6, 6.07) is 5.23. The van der Waals surface area contributed by atoms with Crippen molar-refractivity contribution in [3.05, 3.63) is 48.0 Å². The summed E-state index contributed by atoms with van der Waals surface area (Å²) in [6.45, 7) is 8.43. The Kier molecular flexibility index (Phi) is 9.56. The maximum Gasteiger partial charge on any atom is 0.257 e. The summed E-state index contributed by atoms with van der Waals surface area (Å²) < 4.78 is 12.0. The molecule has 0 saturated carbocycles. The average molecular weight is 484 g/mol. The highest BCUT2D eigenvalue weighted by atomic mass is 16.5. The van der Waals surface area contributed by atoms with Gasteiger partial charge in [0.1, 0.15) is 18.7 Å². The quantitative estimate of drug-likeness (QED) is 0.674. The number of carbonyl (C=O) groups is 2.